The molecule has 0 saturated carbocycles. The number of nitriles is 1. The van der Waals surface area contributed by atoms with Gasteiger partial charge in [0.25, 0.3) is 0 Å². The zero-order valence-corrected chi connectivity index (χ0v) is 13.8. The van der Waals surface area contributed by atoms with E-state index >= 15 is 0 Å². The van der Waals surface area contributed by atoms with Crippen LogP contribution in [0.3, 0.4) is 0 Å². The van der Waals surface area contributed by atoms with Crippen LogP contribution in [0.25, 0.3) is 11.3 Å². The standard InChI is InChI=1S/C19H21N3O2/c1-14(23)21-11-15-8-9-22(12-15)13-17-6-7-19(24-17)18-5-3-2-4-16(18)10-20/h2-7,15H,8-9,11-13H2,1H3,(H,21,23). The number of rotatable bonds is 5. The van der Waals surface area contributed by atoms with Crippen molar-refractivity contribution in [1.29, 1.82) is 5.26 Å². The van der Waals surface area contributed by atoms with Gasteiger partial charge in [0.05, 0.1) is 18.2 Å². The molecule has 5 heteroatoms. The second-order valence-corrected chi connectivity index (χ2v) is 6.25. The molecule has 1 aromatic carbocycles. The summed E-state index contributed by atoms with van der Waals surface area (Å²) in [4.78, 5) is 13.3. The molecule has 0 bridgehead atoms. The molecule has 124 valence electrons. The van der Waals surface area contributed by atoms with Gasteiger partial charge in [-0.3, -0.25) is 9.69 Å². The maximum atomic E-state index is 11.0. The number of nitrogens with one attached hydrogen (secondary N) is 1. The quantitative estimate of drug-likeness (QED) is 0.918. The zero-order valence-electron chi connectivity index (χ0n) is 13.8. The van der Waals surface area contributed by atoms with Gasteiger partial charge in [-0.2, -0.15) is 5.26 Å². The predicted molar refractivity (Wildman–Crippen MR) is 90.9 cm³/mol. The Morgan fingerprint density at radius 2 is 2.21 bits per heavy atom. The van der Waals surface area contributed by atoms with Crippen molar-refractivity contribution in [3.63, 3.8) is 0 Å². The Balaban J connectivity index is 1.61. The Kier molecular flexibility index (Phi) is 4.97. The summed E-state index contributed by atoms with van der Waals surface area (Å²) in [5.41, 5.74) is 1.45. The van der Waals surface area contributed by atoms with Crippen LogP contribution in [-0.4, -0.2) is 30.4 Å². The fraction of sp³-hybridized carbons (Fsp3) is 0.368. The summed E-state index contributed by atoms with van der Waals surface area (Å²) in [5, 5.41) is 12.1. The Bertz CT molecular complexity index is 760. The first-order valence-corrected chi connectivity index (χ1v) is 8.20. The Morgan fingerprint density at radius 1 is 1.38 bits per heavy atom. The lowest BCUT2D eigenvalue weighted by molar-refractivity contribution is -0.119. The van der Waals surface area contributed by atoms with Gasteiger partial charge < -0.3 is 9.73 Å². The summed E-state index contributed by atoms with van der Waals surface area (Å²) in [6.45, 7) is 5.02. The van der Waals surface area contributed by atoms with Gasteiger partial charge in [-0.1, -0.05) is 12.1 Å². The fourth-order valence-corrected chi connectivity index (χ4v) is 3.13. The van der Waals surface area contributed by atoms with Gasteiger partial charge in [0.1, 0.15) is 11.5 Å². The molecule has 0 radical (unpaired) electrons. The molecule has 1 unspecified atom stereocenters. The number of nitrogens with zero attached hydrogens (tertiary/aromatic N) is 2. The molecule has 1 amide bonds. The molecule has 1 aliphatic rings. The first-order valence-electron chi connectivity index (χ1n) is 8.20. The van der Waals surface area contributed by atoms with Gasteiger partial charge in [0, 0.05) is 25.6 Å². The zero-order chi connectivity index (χ0) is 16.9. The van der Waals surface area contributed by atoms with Crippen LogP contribution in [0.1, 0.15) is 24.7 Å². The molecule has 3 rings (SSSR count). The maximum absolute atomic E-state index is 11.0. The first kappa shape index (κ1) is 16.3. The van der Waals surface area contributed by atoms with Crippen molar-refractivity contribution in [1.82, 2.24) is 10.2 Å². The number of hydrogen-bond donors (Lipinski definition) is 1. The third-order valence-electron chi connectivity index (χ3n) is 4.36. The molecule has 24 heavy (non-hydrogen) atoms. The van der Waals surface area contributed by atoms with Crippen molar-refractivity contribution in [3.8, 4) is 17.4 Å². The third-order valence-corrected chi connectivity index (χ3v) is 4.36. The van der Waals surface area contributed by atoms with Crippen LogP contribution < -0.4 is 5.32 Å². The number of furan rings is 1. The summed E-state index contributed by atoms with van der Waals surface area (Å²) in [5.74, 6) is 2.16. The molecule has 0 spiro atoms. The lowest BCUT2D eigenvalue weighted by atomic mass is 10.1. The molecular weight excluding hydrogens is 302 g/mol. The Labute approximate surface area is 141 Å². The highest BCUT2D eigenvalue weighted by Gasteiger charge is 2.23. The molecule has 2 heterocycles. The predicted octanol–water partition coefficient (Wildman–Crippen LogP) is 2.78. The first-order chi connectivity index (χ1) is 11.7. The average Bonchev–Trinajstić information content (AvgIpc) is 3.23. The second kappa shape index (κ2) is 7.33. The third kappa shape index (κ3) is 3.84. The van der Waals surface area contributed by atoms with Crippen molar-refractivity contribution in [2.24, 2.45) is 5.92 Å². The van der Waals surface area contributed by atoms with Crippen molar-refractivity contribution in [2.75, 3.05) is 19.6 Å². The Hall–Kier alpha value is -2.58. The van der Waals surface area contributed by atoms with Gasteiger partial charge in [-0.05, 0) is 43.1 Å². The molecule has 1 atom stereocenters. The lowest BCUT2D eigenvalue weighted by Gasteiger charge is -2.14. The molecule has 1 N–H and O–H groups in total. The minimum atomic E-state index is 0.0280. The van der Waals surface area contributed by atoms with Crippen molar-refractivity contribution < 1.29 is 9.21 Å². The van der Waals surface area contributed by atoms with Crippen LogP contribution in [0.15, 0.2) is 40.8 Å². The van der Waals surface area contributed by atoms with E-state index in [9.17, 15) is 10.1 Å². The molecule has 1 saturated heterocycles. The van der Waals surface area contributed by atoms with E-state index in [-0.39, 0.29) is 5.91 Å². The number of hydrogen-bond acceptors (Lipinski definition) is 4. The molecule has 0 aliphatic carbocycles. The van der Waals surface area contributed by atoms with Crippen LogP contribution >= 0.6 is 0 Å². The van der Waals surface area contributed by atoms with Gasteiger partial charge in [-0.25, -0.2) is 0 Å². The van der Waals surface area contributed by atoms with Crippen LogP contribution in [-0.2, 0) is 11.3 Å². The normalized spacial score (nSPS) is 17.6. The molecule has 5 nitrogen and oxygen atoms in total. The summed E-state index contributed by atoms with van der Waals surface area (Å²) >= 11 is 0. The van der Waals surface area contributed by atoms with E-state index in [1.165, 1.54) is 0 Å². The van der Waals surface area contributed by atoms with E-state index in [0.717, 1.165) is 49.7 Å². The minimum Gasteiger partial charge on any atom is -0.460 e. The van der Waals surface area contributed by atoms with E-state index in [1.54, 1.807) is 13.0 Å². The van der Waals surface area contributed by atoms with Crippen molar-refractivity contribution >= 4 is 5.91 Å². The monoisotopic (exact) mass is 323 g/mol. The van der Waals surface area contributed by atoms with Crippen LogP contribution in [0.2, 0.25) is 0 Å². The van der Waals surface area contributed by atoms with E-state index < -0.39 is 0 Å². The topological polar surface area (TPSA) is 69.3 Å². The average molecular weight is 323 g/mol. The summed E-state index contributed by atoms with van der Waals surface area (Å²) in [7, 11) is 0. The fourth-order valence-electron chi connectivity index (χ4n) is 3.13. The van der Waals surface area contributed by atoms with Crippen LogP contribution in [0, 0.1) is 17.2 Å². The highest BCUT2D eigenvalue weighted by Crippen LogP contribution is 2.27. The van der Waals surface area contributed by atoms with E-state index in [1.807, 2.05) is 30.3 Å². The van der Waals surface area contributed by atoms with Gasteiger partial charge in [0.15, 0.2) is 0 Å². The van der Waals surface area contributed by atoms with E-state index in [2.05, 4.69) is 16.3 Å². The summed E-state index contributed by atoms with van der Waals surface area (Å²) in [6, 6.07) is 13.6. The largest absolute Gasteiger partial charge is 0.460 e. The molecule has 1 aliphatic heterocycles. The SMILES string of the molecule is CC(=O)NCC1CCN(Cc2ccc(-c3ccccc3C#N)o2)C1. The van der Waals surface area contributed by atoms with Gasteiger partial charge >= 0.3 is 0 Å². The van der Waals surface area contributed by atoms with Gasteiger partial charge in [-0.15, -0.1) is 0 Å². The van der Waals surface area contributed by atoms with Crippen LogP contribution in [0.5, 0.6) is 0 Å². The van der Waals surface area contributed by atoms with Crippen molar-refractivity contribution in [3.05, 3.63) is 47.7 Å². The molecular formula is C19H21N3O2. The summed E-state index contributed by atoms with van der Waals surface area (Å²) in [6.07, 6.45) is 1.09. The Morgan fingerprint density at radius 3 is 3.00 bits per heavy atom. The van der Waals surface area contributed by atoms with Gasteiger partial charge in [0.2, 0.25) is 5.91 Å². The number of benzene rings is 1. The highest BCUT2D eigenvalue weighted by molar-refractivity contribution is 5.72. The number of likely N-dealkylation sites (tertiary alicyclic amines) is 1. The minimum absolute atomic E-state index is 0.0280. The molecule has 2 aromatic rings. The number of carbonyl (C=O) groups excluding carboxylic acids is 1. The van der Waals surface area contributed by atoms with Crippen LogP contribution in [0.4, 0.5) is 0 Å². The lowest BCUT2D eigenvalue weighted by Crippen LogP contribution is -2.29. The smallest absolute Gasteiger partial charge is 0.216 e. The van der Waals surface area contributed by atoms with E-state index in [4.69, 9.17) is 4.42 Å². The maximum Gasteiger partial charge on any atom is 0.216 e. The number of carbonyl (C=O) groups is 1. The van der Waals surface area contributed by atoms with E-state index in [0.29, 0.717) is 11.5 Å². The molecule has 1 aromatic heterocycles. The molecule has 1 fully saturated rings. The highest BCUT2D eigenvalue weighted by atomic mass is 16.3. The number of amides is 1. The summed E-state index contributed by atoms with van der Waals surface area (Å²) < 4.78 is 5.95. The second-order valence-electron chi connectivity index (χ2n) is 6.25. The van der Waals surface area contributed by atoms with Crippen molar-refractivity contribution in [2.45, 2.75) is 19.9 Å².